The Labute approximate surface area is 143 Å². The number of benzene rings is 2. The SMILES string of the molecule is CNC(=O)Nc1cccc(NC(=O)[C@@H]2C[C@H]2c2c(F)cccc2F)c1. The lowest BCUT2D eigenvalue weighted by Crippen LogP contribution is -2.24. The van der Waals surface area contributed by atoms with Gasteiger partial charge in [-0.25, -0.2) is 13.6 Å². The van der Waals surface area contributed by atoms with Gasteiger partial charge >= 0.3 is 6.03 Å². The van der Waals surface area contributed by atoms with Crippen molar-refractivity contribution in [2.24, 2.45) is 5.92 Å². The molecule has 0 unspecified atom stereocenters. The number of amides is 3. The second-order valence-corrected chi connectivity index (χ2v) is 5.86. The van der Waals surface area contributed by atoms with Crippen molar-refractivity contribution < 1.29 is 18.4 Å². The summed E-state index contributed by atoms with van der Waals surface area (Å²) in [4.78, 5) is 23.6. The summed E-state index contributed by atoms with van der Waals surface area (Å²) in [7, 11) is 1.50. The van der Waals surface area contributed by atoms with Crippen molar-refractivity contribution in [2.45, 2.75) is 12.3 Å². The quantitative estimate of drug-likeness (QED) is 0.794. The zero-order valence-electron chi connectivity index (χ0n) is 13.5. The van der Waals surface area contributed by atoms with Gasteiger partial charge in [-0.1, -0.05) is 12.1 Å². The fraction of sp³-hybridized carbons (Fsp3) is 0.222. The van der Waals surface area contributed by atoms with E-state index in [-0.39, 0.29) is 17.5 Å². The lowest BCUT2D eigenvalue weighted by Gasteiger charge is -2.09. The number of hydrogen-bond acceptors (Lipinski definition) is 2. The molecular weight excluding hydrogens is 328 g/mol. The van der Waals surface area contributed by atoms with Gasteiger partial charge in [0.2, 0.25) is 5.91 Å². The van der Waals surface area contributed by atoms with Gasteiger partial charge in [0.25, 0.3) is 0 Å². The number of carbonyl (C=O) groups is 2. The first-order chi connectivity index (χ1) is 12.0. The molecule has 1 fully saturated rings. The molecule has 5 nitrogen and oxygen atoms in total. The van der Waals surface area contributed by atoms with E-state index < -0.39 is 23.5 Å². The Bertz CT molecular complexity index is 805. The Hall–Kier alpha value is -2.96. The van der Waals surface area contributed by atoms with Crippen molar-refractivity contribution in [3.63, 3.8) is 0 Å². The lowest BCUT2D eigenvalue weighted by atomic mass is 10.1. The standard InChI is InChI=1S/C18H17F2N3O2/c1-21-18(25)23-11-5-2-4-10(8-11)22-17(24)13-9-12(13)16-14(19)6-3-7-15(16)20/h2-8,12-13H,9H2,1H3,(H,22,24)(H2,21,23,25)/t12-,13-/m1/s1. The predicted molar refractivity (Wildman–Crippen MR) is 90.4 cm³/mol. The summed E-state index contributed by atoms with van der Waals surface area (Å²) >= 11 is 0. The van der Waals surface area contributed by atoms with Crippen LogP contribution in [0.25, 0.3) is 0 Å². The van der Waals surface area contributed by atoms with Crippen molar-refractivity contribution in [3.05, 3.63) is 59.7 Å². The molecule has 25 heavy (non-hydrogen) atoms. The van der Waals surface area contributed by atoms with Crippen LogP contribution in [-0.4, -0.2) is 19.0 Å². The minimum atomic E-state index is -0.628. The molecule has 2 atom stereocenters. The average molecular weight is 345 g/mol. The van der Waals surface area contributed by atoms with Crippen LogP contribution in [0.5, 0.6) is 0 Å². The van der Waals surface area contributed by atoms with Crippen molar-refractivity contribution >= 4 is 23.3 Å². The molecule has 0 saturated heterocycles. The molecule has 1 aliphatic rings. The van der Waals surface area contributed by atoms with Crippen molar-refractivity contribution in [2.75, 3.05) is 17.7 Å². The second-order valence-electron chi connectivity index (χ2n) is 5.86. The van der Waals surface area contributed by atoms with Gasteiger partial charge in [0.15, 0.2) is 0 Å². The molecule has 0 aliphatic heterocycles. The highest BCUT2D eigenvalue weighted by atomic mass is 19.1. The maximum atomic E-state index is 13.8. The highest BCUT2D eigenvalue weighted by Gasteiger charge is 2.46. The summed E-state index contributed by atoms with van der Waals surface area (Å²) in [5, 5.41) is 7.75. The fourth-order valence-electron chi connectivity index (χ4n) is 2.77. The van der Waals surface area contributed by atoms with E-state index in [2.05, 4.69) is 16.0 Å². The zero-order chi connectivity index (χ0) is 18.0. The fourth-order valence-corrected chi connectivity index (χ4v) is 2.77. The predicted octanol–water partition coefficient (Wildman–Crippen LogP) is 3.46. The Balaban J connectivity index is 1.66. The van der Waals surface area contributed by atoms with Gasteiger partial charge in [0, 0.05) is 35.8 Å². The normalized spacial score (nSPS) is 18.4. The summed E-state index contributed by atoms with van der Waals surface area (Å²) in [5.41, 5.74) is 0.987. The van der Waals surface area contributed by atoms with Crippen LogP contribution in [0.3, 0.4) is 0 Å². The number of halogens is 2. The van der Waals surface area contributed by atoms with Crippen LogP contribution in [0.2, 0.25) is 0 Å². The van der Waals surface area contributed by atoms with Gasteiger partial charge < -0.3 is 16.0 Å². The second kappa shape index (κ2) is 6.88. The van der Waals surface area contributed by atoms with E-state index in [1.165, 1.54) is 25.2 Å². The molecule has 0 heterocycles. The topological polar surface area (TPSA) is 70.2 Å². The molecule has 0 radical (unpaired) electrons. The first-order valence-corrected chi connectivity index (χ1v) is 7.83. The Kier molecular flexibility index (Phi) is 4.65. The van der Waals surface area contributed by atoms with E-state index in [9.17, 15) is 18.4 Å². The first-order valence-electron chi connectivity index (χ1n) is 7.83. The molecule has 3 rings (SSSR count). The van der Waals surface area contributed by atoms with Crippen LogP contribution in [0, 0.1) is 17.6 Å². The van der Waals surface area contributed by atoms with E-state index in [4.69, 9.17) is 0 Å². The summed E-state index contributed by atoms with van der Waals surface area (Å²) in [6.45, 7) is 0. The lowest BCUT2D eigenvalue weighted by molar-refractivity contribution is -0.117. The molecule has 0 bridgehead atoms. The van der Waals surface area contributed by atoms with Crippen molar-refractivity contribution in [3.8, 4) is 0 Å². The molecule has 0 aromatic heterocycles. The number of nitrogens with one attached hydrogen (secondary N) is 3. The maximum Gasteiger partial charge on any atom is 0.318 e. The molecule has 3 N–H and O–H groups in total. The molecule has 2 aromatic rings. The number of anilines is 2. The summed E-state index contributed by atoms with van der Waals surface area (Å²) in [5.74, 6) is -2.48. The Morgan fingerprint density at radius 1 is 1.00 bits per heavy atom. The van der Waals surface area contributed by atoms with E-state index in [0.29, 0.717) is 17.8 Å². The van der Waals surface area contributed by atoms with Gasteiger partial charge in [0.1, 0.15) is 11.6 Å². The molecule has 0 spiro atoms. The zero-order valence-corrected chi connectivity index (χ0v) is 13.5. The van der Waals surface area contributed by atoms with Crippen molar-refractivity contribution in [1.29, 1.82) is 0 Å². The smallest absolute Gasteiger partial charge is 0.318 e. The first kappa shape index (κ1) is 16.9. The molecule has 7 heteroatoms. The Morgan fingerprint density at radius 3 is 2.24 bits per heavy atom. The number of urea groups is 1. The van der Waals surface area contributed by atoms with Gasteiger partial charge in [0.05, 0.1) is 0 Å². The number of rotatable bonds is 4. The van der Waals surface area contributed by atoms with E-state index in [1.807, 2.05) is 0 Å². The molecule has 3 amide bonds. The minimum absolute atomic E-state index is 0.0299. The number of carbonyl (C=O) groups excluding carboxylic acids is 2. The van der Waals surface area contributed by atoms with Crippen LogP contribution in [0.1, 0.15) is 17.9 Å². The molecule has 1 aliphatic carbocycles. The maximum absolute atomic E-state index is 13.8. The van der Waals surface area contributed by atoms with Crippen molar-refractivity contribution in [1.82, 2.24) is 5.32 Å². The summed E-state index contributed by atoms with van der Waals surface area (Å²) in [6, 6.07) is 9.96. The van der Waals surface area contributed by atoms with E-state index in [0.717, 1.165) is 0 Å². The van der Waals surface area contributed by atoms with Crippen LogP contribution in [-0.2, 0) is 4.79 Å². The highest BCUT2D eigenvalue weighted by molar-refractivity contribution is 5.96. The van der Waals surface area contributed by atoms with Gasteiger partial charge in [-0.2, -0.15) is 0 Å². The van der Waals surface area contributed by atoms with Gasteiger partial charge in [-0.3, -0.25) is 4.79 Å². The average Bonchev–Trinajstić information content (AvgIpc) is 3.35. The summed E-state index contributed by atoms with van der Waals surface area (Å²) in [6.07, 6.45) is 0.403. The minimum Gasteiger partial charge on any atom is -0.341 e. The molecule has 2 aromatic carbocycles. The van der Waals surface area contributed by atoms with Crippen LogP contribution in [0.4, 0.5) is 25.0 Å². The van der Waals surface area contributed by atoms with Crippen LogP contribution >= 0.6 is 0 Å². The van der Waals surface area contributed by atoms with E-state index >= 15 is 0 Å². The third-order valence-corrected chi connectivity index (χ3v) is 4.11. The third-order valence-electron chi connectivity index (χ3n) is 4.11. The van der Waals surface area contributed by atoms with Crippen LogP contribution < -0.4 is 16.0 Å². The molecule has 130 valence electrons. The highest BCUT2D eigenvalue weighted by Crippen LogP contribution is 2.49. The monoisotopic (exact) mass is 345 g/mol. The van der Waals surface area contributed by atoms with Gasteiger partial charge in [-0.15, -0.1) is 0 Å². The summed E-state index contributed by atoms with van der Waals surface area (Å²) < 4.78 is 27.6. The molecular formula is C18H17F2N3O2. The van der Waals surface area contributed by atoms with Gasteiger partial charge in [-0.05, 0) is 36.8 Å². The van der Waals surface area contributed by atoms with E-state index in [1.54, 1.807) is 24.3 Å². The third kappa shape index (κ3) is 3.76. The molecule has 1 saturated carbocycles. The largest absolute Gasteiger partial charge is 0.341 e. The van der Waals surface area contributed by atoms with Crippen LogP contribution in [0.15, 0.2) is 42.5 Å². The number of hydrogen-bond donors (Lipinski definition) is 3. The Morgan fingerprint density at radius 2 is 1.60 bits per heavy atom.